The fraction of sp³-hybridized carbons (Fsp3) is 0.500. The first-order valence-electron chi connectivity index (χ1n) is 1.29. The molecule has 0 rings (SSSR count). The van der Waals surface area contributed by atoms with Crippen LogP contribution >= 0.6 is 8.46 Å². The number of rotatable bonds is 2. The Balaban J connectivity index is 2.65. The molecule has 2 nitrogen and oxygen atoms in total. The van der Waals surface area contributed by atoms with Gasteiger partial charge in [0.25, 0.3) is 0 Å². The zero-order chi connectivity index (χ0) is 4.12. The van der Waals surface area contributed by atoms with Crippen LogP contribution in [0.4, 0.5) is 0 Å². The van der Waals surface area contributed by atoms with Gasteiger partial charge in [-0.05, 0) is 0 Å². The van der Waals surface area contributed by atoms with Crippen LogP contribution in [0.2, 0.25) is 0 Å². The zero-order valence-electron chi connectivity index (χ0n) is 2.68. The van der Waals surface area contributed by atoms with Crippen molar-refractivity contribution in [1.29, 1.82) is 0 Å². The summed E-state index contributed by atoms with van der Waals surface area (Å²) in [5.41, 5.74) is 0. The maximum atomic E-state index is 9.38. The van der Waals surface area contributed by atoms with Crippen molar-refractivity contribution in [3.05, 3.63) is 0 Å². The van der Waals surface area contributed by atoms with Crippen LogP contribution in [0.5, 0.6) is 0 Å². The molecule has 30 valence electrons. The second kappa shape index (κ2) is 3.90. The molecule has 5 heavy (non-hydrogen) atoms. The van der Waals surface area contributed by atoms with Gasteiger partial charge in [0.2, 0.25) is 0 Å². The summed E-state index contributed by atoms with van der Waals surface area (Å²) in [6, 6.07) is 0. The van der Waals surface area contributed by atoms with E-state index >= 15 is 0 Å². The van der Waals surface area contributed by atoms with Crippen molar-refractivity contribution in [3.63, 3.8) is 0 Å². The van der Waals surface area contributed by atoms with Gasteiger partial charge < -0.3 is 9.36 Å². The predicted octanol–water partition coefficient (Wildman–Crippen LogP) is -0.0584. The normalized spacial score (nSPS) is 9.60. The van der Waals surface area contributed by atoms with Crippen molar-refractivity contribution in [2.45, 2.75) is 0 Å². The summed E-state index contributed by atoms with van der Waals surface area (Å²) >= 11 is 0. The second-order valence-electron chi connectivity index (χ2n) is 0.569. The fourth-order valence-electron chi connectivity index (χ4n) is 0.0393. The second-order valence-corrected chi connectivity index (χ2v) is 1.37. The van der Waals surface area contributed by atoms with Crippen LogP contribution in [0.15, 0.2) is 0 Å². The highest BCUT2D eigenvalue weighted by Crippen LogP contribution is 1.81. The minimum atomic E-state index is -0.832. The summed E-state index contributed by atoms with van der Waals surface area (Å²) in [6.07, 6.45) is 0.891. The smallest absolute Gasteiger partial charge is 0.126 e. The molecule has 0 spiro atoms. The fourth-order valence-corrected chi connectivity index (χ4v) is 0.118. The van der Waals surface area contributed by atoms with Crippen molar-refractivity contribution in [2.75, 3.05) is 6.16 Å². The van der Waals surface area contributed by atoms with Crippen LogP contribution < -0.4 is 0 Å². The standard InChI is InChI=1S/C2H5O2P/c3-1-2-5-4/h1H,2,5H2. The van der Waals surface area contributed by atoms with Gasteiger partial charge in [-0.15, -0.1) is 0 Å². The molecule has 0 N–H and O–H groups in total. The number of carbonyl (C=O) groups excluding carboxylic acids is 1. The van der Waals surface area contributed by atoms with Crippen LogP contribution in [0.3, 0.4) is 0 Å². The topological polar surface area (TPSA) is 34.1 Å². The molecule has 0 aliphatic rings. The van der Waals surface area contributed by atoms with E-state index in [1.807, 2.05) is 0 Å². The molecule has 1 unspecified atom stereocenters. The molecule has 0 aliphatic heterocycles. The molecule has 0 aliphatic carbocycles. The van der Waals surface area contributed by atoms with Crippen molar-refractivity contribution in [2.24, 2.45) is 0 Å². The van der Waals surface area contributed by atoms with Gasteiger partial charge in [-0.2, -0.15) is 0 Å². The Morgan fingerprint density at radius 1 is 1.80 bits per heavy atom. The Bertz CT molecular complexity index is 36.9. The van der Waals surface area contributed by atoms with Crippen LogP contribution in [0, 0.1) is 0 Å². The van der Waals surface area contributed by atoms with Gasteiger partial charge in [0.05, 0.1) is 14.6 Å². The number of hydrogen-bond donors (Lipinski definition) is 0. The molecule has 3 heteroatoms. The average molecular weight is 92.0 g/mol. The lowest BCUT2D eigenvalue weighted by Crippen LogP contribution is -1.64. The lowest BCUT2D eigenvalue weighted by atomic mass is 10.9. The Morgan fingerprint density at radius 2 is 2.40 bits per heavy atom. The first-order chi connectivity index (χ1) is 2.41. The number of carbonyl (C=O) groups is 1. The molecule has 0 aromatic rings. The molecule has 0 fully saturated rings. The summed E-state index contributed by atoms with van der Waals surface area (Å²) < 4.78 is 9.38. The SMILES string of the molecule is O=CC[PH2]=O. The number of hydrogen-bond acceptors (Lipinski definition) is 2. The number of aldehydes is 1. The van der Waals surface area contributed by atoms with Crippen molar-refractivity contribution in [1.82, 2.24) is 0 Å². The lowest BCUT2D eigenvalue weighted by molar-refractivity contribution is -0.105. The molecule has 0 aromatic heterocycles. The van der Waals surface area contributed by atoms with Gasteiger partial charge in [-0.3, -0.25) is 0 Å². The van der Waals surface area contributed by atoms with Crippen molar-refractivity contribution in [3.8, 4) is 0 Å². The summed E-state index contributed by atoms with van der Waals surface area (Å²) in [5, 5.41) is 0. The van der Waals surface area contributed by atoms with E-state index in [1.165, 1.54) is 0 Å². The molecule has 0 saturated heterocycles. The van der Waals surface area contributed by atoms with E-state index in [4.69, 9.17) is 0 Å². The third-order valence-electron chi connectivity index (χ3n) is 0.192. The third kappa shape index (κ3) is 3.90. The van der Waals surface area contributed by atoms with Gasteiger partial charge in [0.15, 0.2) is 0 Å². The summed E-state index contributed by atoms with van der Waals surface area (Å²) in [7, 11) is -0.832. The first-order valence-corrected chi connectivity index (χ1v) is 2.58. The largest absolute Gasteiger partial charge is 0.330 e. The Morgan fingerprint density at radius 3 is 2.40 bits per heavy atom. The summed E-state index contributed by atoms with van der Waals surface area (Å²) in [5.74, 6) is 0. The minimum absolute atomic E-state index is 0.236. The molecule has 1 atom stereocenters. The highest BCUT2D eigenvalue weighted by molar-refractivity contribution is 7.24. The maximum Gasteiger partial charge on any atom is 0.126 e. The third-order valence-corrected chi connectivity index (χ3v) is 0.577. The summed E-state index contributed by atoms with van der Waals surface area (Å²) in [6.45, 7) is 0. The summed E-state index contributed by atoms with van der Waals surface area (Å²) in [4.78, 5) is 9.23. The molecule has 0 aromatic carbocycles. The zero-order valence-corrected chi connectivity index (χ0v) is 3.83. The highest BCUT2D eigenvalue weighted by Gasteiger charge is 1.63. The van der Waals surface area contributed by atoms with E-state index in [0.717, 1.165) is 0 Å². The molecular formula is C2H5O2P. The van der Waals surface area contributed by atoms with E-state index in [-0.39, 0.29) is 6.16 Å². The first kappa shape index (κ1) is 4.90. The highest BCUT2D eigenvalue weighted by atomic mass is 31.1. The van der Waals surface area contributed by atoms with Gasteiger partial charge in [0, 0.05) is 0 Å². The van der Waals surface area contributed by atoms with Crippen LogP contribution in [0.25, 0.3) is 0 Å². The van der Waals surface area contributed by atoms with Gasteiger partial charge in [-0.25, -0.2) is 0 Å². The lowest BCUT2D eigenvalue weighted by Gasteiger charge is -1.55. The average Bonchev–Trinajstić information content (AvgIpc) is 1.41. The van der Waals surface area contributed by atoms with Gasteiger partial charge >= 0.3 is 0 Å². The van der Waals surface area contributed by atoms with Crippen molar-refractivity contribution < 1.29 is 9.36 Å². The van der Waals surface area contributed by atoms with E-state index in [1.54, 1.807) is 0 Å². The van der Waals surface area contributed by atoms with Crippen LogP contribution in [-0.2, 0) is 9.36 Å². The maximum absolute atomic E-state index is 9.38. The molecular weight excluding hydrogens is 87.0 g/mol. The minimum Gasteiger partial charge on any atom is -0.330 e. The van der Waals surface area contributed by atoms with Gasteiger partial charge in [-0.1, -0.05) is 0 Å². The van der Waals surface area contributed by atoms with Crippen LogP contribution in [0.1, 0.15) is 0 Å². The van der Waals surface area contributed by atoms with E-state index < -0.39 is 8.46 Å². The molecule has 0 bridgehead atoms. The Kier molecular flexibility index (Phi) is 3.82. The van der Waals surface area contributed by atoms with E-state index in [9.17, 15) is 9.36 Å². The predicted molar refractivity (Wildman–Crippen MR) is 21.3 cm³/mol. The quantitative estimate of drug-likeness (QED) is 0.353. The Hall–Kier alpha value is -0.100. The Labute approximate surface area is 31.4 Å². The van der Waals surface area contributed by atoms with E-state index in [2.05, 4.69) is 0 Å². The van der Waals surface area contributed by atoms with Crippen LogP contribution in [-0.4, -0.2) is 12.4 Å². The van der Waals surface area contributed by atoms with E-state index in [0.29, 0.717) is 6.29 Å². The molecule has 0 heterocycles. The monoisotopic (exact) mass is 92.0 g/mol. The van der Waals surface area contributed by atoms with Gasteiger partial charge in [0.1, 0.15) is 6.29 Å². The van der Waals surface area contributed by atoms with Crippen molar-refractivity contribution >= 4 is 14.7 Å². The molecule has 0 saturated carbocycles. The molecule has 0 amide bonds. The molecule has 0 radical (unpaired) electrons.